The molecule has 4 aliphatic heterocycles. The third-order valence-corrected chi connectivity index (χ3v) is 5.54. The Morgan fingerprint density at radius 2 is 1.00 bits per heavy atom. The highest BCUT2D eigenvalue weighted by Gasteiger charge is 2.31. The average molecular weight is 362 g/mol. The van der Waals surface area contributed by atoms with Gasteiger partial charge in [-0.3, -0.25) is 0 Å². The van der Waals surface area contributed by atoms with E-state index < -0.39 is 0 Å². The zero-order chi connectivity index (χ0) is 17.3. The lowest BCUT2D eigenvalue weighted by Gasteiger charge is -2.26. The summed E-state index contributed by atoms with van der Waals surface area (Å²) in [5, 5.41) is 0. The van der Waals surface area contributed by atoms with Crippen LogP contribution in [0.4, 0.5) is 0 Å². The van der Waals surface area contributed by atoms with Crippen LogP contribution in [0.15, 0.2) is 23.5 Å². The van der Waals surface area contributed by atoms with Crippen LogP contribution in [0.2, 0.25) is 0 Å². The molecule has 0 N–H and O–H groups in total. The Balaban J connectivity index is 1.21. The Kier molecular flexibility index (Phi) is 4.92. The second-order valence-corrected chi connectivity index (χ2v) is 8.33. The SMILES string of the molecule is C(=C1CCCC(=CN(CC2CO2)CC2CO2)C1)N(CC1CO1)CC1CO1. The maximum atomic E-state index is 5.44. The molecule has 1 saturated carbocycles. The van der Waals surface area contributed by atoms with Crippen LogP contribution >= 0.6 is 0 Å². The average Bonchev–Trinajstić information content (AvgIpc) is 3.40. The van der Waals surface area contributed by atoms with Crippen molar-refractivity contribution in [1.29, 1.82) is 0 Å². The summed E-state index contributed by atoms with van der Waals surface area (Å²) in [7, 11) is 0. The molecular weight excluding hydrogens is 332 g/mol. The van der Waals surface area contributed by atoms with E-state index in [1.54, 1.807) is 11.1 Å². The molecule has 6 heteroatoms. The molecule has 0 aromatic rings. The minimum atomic E-state index is 0.428. The molecule has 0 spiro atoms. The van der Waals surface area contributed by atoms with E-state index in [9.17, 15) is 0 Å². The fourth-order valence-electron chi connectivity index (χ4n) is 3.85. The Hall–Kier alpha value is -1.08. The van der Waals surface area contributed by atoms with Gasteiger partial charge in [0.2, 0.25) is 0 Å². The van der Waals surface area contributed by atoms with Crippen molar-refractivity contribution in [3.63, 3.8) is 0 Å². The molecule has 0 aromatic carbocycles. The number of nitrogens with zero attached hydrogens (tertiary/aromatic N) is 2. The number of hydrogen-bond donors (Lipinski definition) is 0. The normalized spacial score (nSPS) is 37.7. The highest BCUT2D eigenvalue weighted by atomic mass is 16.6. The van der Waals surface area contributed by atoms with Gasteiger partial charge in [0.05, 0.1) is 50.8 Å². The molecule has 5 aliphatic rings. The van der Waals surface area contributed by atoms with E-state index in [0.29, 0.717) is 24.4 Å². The molecule has 144 valence electrons. The van der Waals surface area contributed by atoms with Gasteiger partial charge in [-0.1, -0.05) is 11.1 Å². The summed E-state index contributed by atoms with van der Waals surface area (Å²) in [5.74, 6) is 0. The lowest BCUT2D eigenvalue weighted by molar-refractivity contribution is 0.274. The van der Waals surface area contributed by atoms with Crippen molar-refractivity contribution in [1.82, 2.24) is 9.80 Å². The van der Waals surface area contributed by atoms with Crippen LogP contribution in [0.25, 0.3) is 0 Å². The summed E-state index contributed by atoms with van der Waals surface area (Å²) in [6.45, 7) is 7.68. The largest absolute Gasteiger partial charge is 0.372 e. The Labute approximate surface area is 155 Å². The van der Waals surface area contributed by atoms with Crippen molar-refractivity contribution in [3.05, 3.63) is 23.5 Å². The van der Waals surface area contributed by atoms with Crippen molar-refractivity contribution >= 4 is 0 Å². The molecule has 4 atom stereocenters. The van der Waals surface area contributed by atoms with Gasteiger partial charge in [-0.25, -0.2) is 0 Å². The topological polar surface area (TPSA) is 56.6 Å². The first-order valence-corrected chi connectivity index (χ1v) is 10.1. The van der Waals surface area contributed by atoms with Gasteiger partial charge in [0.25, 0.3) is 0 Å². The standard InChI is InChI=1S/C20H30N2O4/c1-2-15(5-21(7-17-11-23-17)8-18-12-24-18)4-16(3-1)6-22(9-19-13-25-19)10-20-14-26-20/h5-6,17-20H,1-4,7-14H2. The van der Waals surface area contributed by atoms with E-state index in [2.05, 4.69) is 22.2 Å². The van der Waals surface area contributed by atoms with Crippen molar-refractivity contribution < 1.29 is 18.9 Å². The molecule has 0 bridgehead atoms. The first-order valence-electron chi connectivity index (χ1n) is 10.1. The molecule has 0 radical (unpaired) electrons. The van der Waals surface area contributed by atoms with Crippen molar-refractivity contribution in [2.24, 2.45) is 0 Å². The molecule has 4 saturated heterocycles. The molecular formula is C20H30N2O4. The van der Waals surface area contributed by atoms with Gasteiger partial charge >= 0.3 is 0 Å². The molecule has 4 heterocycles. The van der Waals surface area contributed by atoms with Gasteiger partial charge in [-0.05, 0) is 38.1 Å². The summed E-state index contributed by atoms with van der Waals surface area (Å²) in [6.07, 6.45) is 11.3. The monoisotopic (exact) mass is 362 g/mol. The summed E-state index contributed by atoms with van der Waals surface area (Å²) >= 11 is 0. The smallest absolute Gasteiger partial charge is 0.0984 e. The van der Waals surface area contributed by atoms with E-state index in [1.807, 2.05) is 0 Å². The number of hydrogen-bond acceptors (Lipinski definition) is 6. The summed E-state index contributed by atoms with van der Waals surface area (Å²) in [4.78, 5) is 4.86. The predicted octanol–water partition coefficient (Wildman–Crippen LogP) is 1.53. The minimum Gasteiger partial charge on any atom is -0.372 e. The second-order valence-electron chi connectivity index (χ2n) is 8.33. The van der Waals surface area contributed by atoms with Crippen LogP contribution in [-0.4, -0.2) is 86.8 Å². The van der Waals surface area contributed by atoms with Gasteiger partial charge < -0.3 is 28.7 Å². The zero-order valence-corrected chi connectivity index (χ0v) is 15.5. The van der Waals surface area contributed by atoms with Gasteiger partial charge in [0.15, 0.2) is 0 Å². The van der Waals surface area contributed by atoms with Crippen LogP contribution in [0.5, 0.6) is 0 Å². The molecule has 1 aliphatic carbocycles. The minimum absolute atomic E-state index is 0.428. The third-order valence-electron chi connectivity index (χ3n) is 5.54. The van der Waals surface area contributed by atoms with Crippen LogP contribution in [0.3, 0.4) is 0 Å². The van der Waals surface area contributed by atoms with Crippen molar-refractivity contribution in [3.8, 4) is 0 Å². The predicted molar refractivity (Wildman–Crippen MR) is 96.7 cm³/mol. The number of epoxide rings is 4. The van der Waals surface area contributed by atoms with Gasteiger partial charge in [-0.15, -0.1) is 0 Å². The molecule has 0 amide bonds. The maximum absolute atomic E-state index is 5.44. The van der Waals surface area contributed by atoms with E-state index >= 15 is 0 Å². The van der Waals surface area contributed by atoms with Crippen LogP contribution in [-0.2, 0) is 18.9 Å². The lowest BCUT2D eigenvalue weighted by atomic mass is 9.91. The van der Waals surface area contributed by atoms with Gasteiger partial charge in [0.1, 0.15) is 0 Å². The first-order chi connectivity index (χ1) is 12.8. The molecule has 4 unspecified atom stereocenters. The highest BCUT2D eigenvalue weighted by Crippen LogP contribution is 2.30. The van der Waals surface area contributed by atoms with Crippen LogP contribution in [0, 0.1) is 0 Å². The fraction of sp³-hybridized carbons (Fsp3) is 0.800. The van der Waals surface area contributed by atoms with Gasteiger partial charge in [0, 0.05) is 26.2 Å². The number of allylic oxidation sites excluding steroid dienone is 2. The number of rotatable bonds is 10. The van der Waals surface area contributed by atoms with Gasteiger partial charge in [-0.2, -0.15) is 0 Å². The van der Waals surface area contributed by atoms with E-state index in [4.69, 9.17) is 18.9 Å². The Morgan fingerprint density at radius 3 is 1.31 bits per heavy atom. The summed E-state index contributed by atoms with van der Waals surface area (Å²) in [6, 6.07) is 0. The Bertz CT molecular complexity index is 486. The quantitative estimate of drug-likeness (QED) is 0.550. The zero-order valence-electron chi connectivity index (χ0n) is 15.5. The molecule has 0 aromatic heterocycles. The second kappa shape index (κ2) is 7.50. The summed E-state index contributed by atoms with van der Waals surface area (Å²) < 4.78 is 21.7. The molecule has 5 fully saturated rings. The summed E-state index contributed by atoms with van der Waals surface area (Å²) in [5.41, 5.74) is 3.10. The maximum Gasteiger partial charge on any atom is 0.0984 e. The third kappa shape index (κ3) is 5.46. The first kappa shape index (κ1) is 17.0. The van der Waals surface area contributed by atoms with E-state index in [0.717, 1.165) is 59.0 Å². The molecule has 5 rings (SSSR count). The highest BCUT2D eigenvalue weighted by molar-refractivity contribution is 5.19. The van der Waals surface area contributed by atoms with Crippen molar-refractivity contribution in [2.45, 2.75) is 50.1 Å². The molecule has 26 heavy (non-hydrogen) atoms. The number of ether oxygens (including phenoxy) is 4. The van der Waals surface area contributed by atoms with E-state index in [-0.39, 0.29) is 0 Å². The fourth-order valence-corrected chi connectivity index (χ4v) is 3.85. The van der Waals surface area contributed by atoms with E-state index in [1.165, 1.54) is 19.3 Å². The molecule has 6 nitrogen and oxygen atoms in total. The lowest BCUT2D eigenvalue weighted by Crippen LogP contribution is -2.28. The van der Waals surface area contributed by atoms with Crippen LogP contribution < -0.4 is 0 Å². The Morgan fingerprint density at radius 1 is 0.654 bits per heavy atom. The van der Waals surface area contributed by atoms with Crippen molar-refractivity contribution in [2.75, 3.05) is 52.6 Å². The van der Waals surface area contributed by atoms with Crippen LogP contribution in [0.1, 0.15) is 25.7 Å².